The summed E-state index contributed by atoms with van der Waals surface area (Å²) in [6.45, 7) is 7.08. The Balaban J connectivity index is 2.42. The summed E-state index contributed by atoms with van der Waals surface area (Å²) in [7, 11) is 0. The molecule has 20 heavy (non-hydrogen) atoms. The molecule has 0 aromatic rings. The summed E-state index contributed by atoms with van der Waals surface area (Å²) >= 11 is 0. The number of nitrogens with one attached hydrogen (secondary N) is 1. The van der Waals surface area contributed by atoms with Crippen LogP contribution in [0.2, 0.25) is 0 Å². The first-order valence-electron chi connectivity index (χ1n) is 6.68. The van der Waals surface area contributed by atoms with Crippen molar-refractivity contribution in [1.82, 2.24) is 10.2 Å². The average molecular weight is 286 g/mol. The van der Waals surface area contributed by atoms with Gasteiger partial charge in [0.15, 0.2) is 0 Å². The molecule has 7 heteroatoms. The summed E-state index contributed by atoms with van der Waals surface area (Å²) < 4.78 is 10.1. The molecule has 0 aromatic heterocycles. The fraction of sp³-hybridized carbons (Fsp3) is 0.692. The highest BCUT2D eigenvalue weighted by Crippen LogP contribution is 2.04. The monoisotopic (exact) mass is 286 g/mol. The van der Waals surface area contributed by atoms with Crippen LogP contribution in [0.4, 0.5) is 4.79 Å². The van der Waals surface area contributed by atoms with Gasteiger partial charge in [0.25, 0.3) is 0 Å². The molecule has 1 atom stereocenters. The third-order valence-electron chi connectivity index (χ3n) is 2.94. The molecule has 114 valence electrons. The molecular weight excluding hydrogens is 264 g/mol. The fourth-order valence-corrected chi connectivity index (χ4v) is 1.95. The molecule has 1 saturated heterocycles. The quantitative estimate of drug-likeness (QED) is 0.630. The number of carbonyl (C=O) groups excluding carboxylic acids is 1. The number of rotatable bonds is 8. The highest BCUT2D eigenvalue weighted by atomic mass is 16.5. The average Bonchev–Trinajstić information content (AvgIpc) is 2.43. The number of hydrogen-bond acceptors (Lipinski definition) is 5. The molecule has 0 saturated carbocycles. The second kappa shape index (κ2) is 9.33. The highest BCUT2D eigenvalue weighted by Gasteiger charge is 2.19. The van der Waals surface area contributed by atoms with Gasteiger partial charge in [-0.1, -0.05) is 12.7 Å². The Morgan fingerprint density at radius 3 is 2.75 bits per heavy atom. The Kier molecular flexibility index (Phi) is 7.67. The van der Waals surface area contributed by atoms with E-state index in [4.69, 9.17) is 14.6 Å². The van der Waals surface area contributed by atoms with Gasteiger partial charge in [0.2, 0.25) is 0 Å². The fourth-order valence-electron chi connectivity index (χ4n) is 1.95. The van der Waals surface area contributed by atoms with Crippen molar-refractivity contribution in [3.05, 3.63) is 12.7 Å². The van der Waals surface area contributed by atoms with Crippen LogP contribution < -0.4 is 5.32 Å². The zero-order valence-electron chi connectivity index (χ0n) is 11.5. The molecule has 0 bridgehead atoms. The largest absolute Gasteiger partial charge is 0.481 e. The number of hydrogen-bond donors (Lipinski definition) is 2. The normalized spacial score (nSPS) is 17.2. The van der Waals surface area contributed by atoms with Gasteiger partial charge in [-0.3, -0.25) is 9.69 Å². The molecule has 7 nitrogen and oxygen atoms in total. The van der Waals surface area contributed by atoms with E-state index in [-0.39, 0.29) is 19.1 Å². The molecule has 1 aliphatic rings. The molecule has 0 radical (unpaired) electrons. The lowest BCUT2D eigenvalue weighted by molar-refractivity contribution is -0.137. The number of carboxylic acid groups (broad SMARTS) is 1. The van der Waals surface area contributed by atoms with Crippen molar-refractivity contribution in [3.8, 4) is 0 Å². The topological polar surface area (TPSA) is 88.1 Å². The van der Waals surface area contributed by atoms with Crippen molar-refractivity contribution in [2.24, 2.45) is 0 Å². The lowest BCUT2D eigenvalue weighted by atomic mass is 10.1. The van der Waals surface area contributed by atoms with Gasteiger partial charge < -0.3 is 19.9 Å². The van der Waals surface area contributed by atoms with Crippen molar-refractivity contribution < 1.29 is 24.2 Å². The van der Waals surface area contributed by atoms with Crippen LogP contribution in [-0.2, 0) is 14.3 Å². The van der Waals surface area contributed by atoms with Crippen LogP contribution >= 0.6 is 0 Å². The SMILES string of the molecule is C=CCOC(=O)NC(CCC(=O)O)CN1CCOCC1. The Bertz CT molecular complexity index is 329. The minimum absolute atomic E-state index is 0.0107. The van der Waals surface area contributed by atoms with E-state index in [2.05, 4.69) is 16.8 Å². The number of nitrogens with zero attached hydrogens (tertiary/aromatic N) is 1. The molecule has 1 aliphatic heterocycles. The van der Waals surface area contributed by atoms with Crippen LogP contribution in [0.15, 0.2) is 12.7 Å². The number of morpholine rings is 1. The smallest absolute Gasteiger partial charge is 0.407 e. The third-order valence-corrected chi connectivity index (χ3v) is 2.94. The minimum atomic E-state index is -0.877. The van der Waals surface area contributed by atoms with Crippen molar-refractivity contribution in [2.75, 3.05) is 39.5 Å². The van der Waals surface area contributed by atoms with E-state index in [1.54, 1.807) is 0 Å². The number of carboxylic acids is 1. The zero-order chi connectivity index (χ0) is 14.8. The number of alkyl carbamates (subject to hydrolysis) is 1. The lowest BCUT2D eigenvalue weighted by Gasteiger charge is -2.30. The van der Waals surface area contributed by atoms with E-state index in [0.717, 1.165) is 13.1 Å². The first-order valence-corrected chi connectivity index (χ1v) is 6.68. The summed E-state index contributed by atoms with van der Waals surface area (Å²) in [6, 6.07) is -0.249. The van der Waals surface area contributed by atoms with Crippen molar-refractivity contribution in [3.63, 3.8) is 0 Å². The Hall–Kier alpha value is -1.60. The zero-order valence-corrected chi connectivity index (χ0v) is 11.5. The Morgan fingerprint density at radius 1 is 1.45 bits per heavy atom. The number of ether oxygens (including phenoxy) is 2. The maximum Gasteiger partial charge on any atom is 0.407 e. The van der Waals surface area contributed by atoms with Gasteiger partial charge in [-0.25, -0.2) is 4.79 Å². The van der Waals surface area contributed by atoms with Gasteiger partial charge >= 0.3 is 12.1 Å². The summed E-state index contributed by atoms with van der Waals surface area (Å²) in [6.07, 6.45) is 1.31. The van der Waals surface area contributed by atoms with Crippen LogP contribution in [0.25, 0.3) is 0 Å². The van der Waals surface area contributed by atoms with E-state index in [1.165, 1.54) is 6.08 Å². The van der Waals surface area contributed by atoms with E-state index in [1.807, 2.05) is 0 Å². The number of amides is 1. The molecular formula is C13H22N2O5. The third kappa shape index (κ3) is 7.10. The van der Waals surface area contributed by atoms with E-state index in [0.29, 0.717) is 26.2 Å². The van der Waals surface area contributed by atoms with Crippen molar-refractivity contribution in [1.29, 1.82) is 0 Å². The predicted molar refractivity (Wildman–Crippen MR) is 72.6 cm³/mol. The summed E-state index contributed by atoms with van der Waals surface area (Å²) in [5.41, 5.74) is 0. The minimum Gasteiger partial charge on any atom is -0.481 e. The van der Waals surface area contributed by atoms with E-state index < -0.39 is 12.1 Å². The standard InChI is InChI=1S/C13H22N2O5/c1-2-7-20-13(18)14-11(3-4-12(16)17)10-15-5-8-19-9-6-15/h2,11H,1,3-10H2,(H,14,18)(H,16,17). The number of carbonyl (C=O) groups is 2. The molecule has 0 aromatic carbocycles. The van der Waals surface area contributed by atoms with E-state index >= 15 is 0 Å². The van der Waals surface area contributed by atoms with Crippen LogP contribution in [0.1, 0.15) is 12.8 Å². The van der Waals surface area contributed by atoms with Crippen molar-refractivity contribution >= 4 is 12.1 Å². The summed E-state index contributed by atoms with van der Waals surface area (Å²) in [5, 5.41) is 11.5. The molecule has 1 amide bonds. The van der Waals surface area contributed by atoms with Gasteiger partial charge in [-0.2, -0.15) is 0 Å². The van der Waals surface area contributed by atoms with Gasteiger partial charge in [-0.05, 0) is 6.42 Å². The van der Waals surface area contributed by atoms with Gasteiger partial charge in [0, 0.05) is 32.1 Å². The van der Waals surface area contributed by atoms with Crippen molar-refractivity contribution in [2.45, 2.75) is 18.9 Å². The Labute approximate surface area is 118 Å². The van der Waals surface area contributed by atoms with Crippen LogP contribution in [-0.4, -0.2) is 67.6 Å². The summed E-state index contributed by atoms with van der Waals surface area (Å²) in [4.78, 5) is 24.3. The first-order chi connectivity index (χ1) is 9.61. The van der Waals surface area contributed by atoms with Gasteiger partial charge in [-0.15, -0.1) is 0 Å². The number of aliphatic carboxylic acids is 1. The Morgan fingerprint density at radius 2 is 2.15 bits per heavy atom. The molecule has 0 spiro atoms. The van der Waals surface area contributed by atoms with Crippen LogP contribution in [0.3, 0.4) is 0 Å². The van der Waals surface area contributed by atoms with Gasteiger partial charge in [0.1, 0.15) is 6.61 Å². The second-order valence-electron chi connectivity index (χ2n) is 4.57. The maximum atomic E-state index is 11.5. The summed E-state index contributed by atoms with van der Waals surface area (Å²) in [5.74, 6) is -0.877. The lowest BCUT2D eigenvalue weighted by Crippen LogP contribution is -2.47. The van der Waals surface area contributed by atoms with E-state index in [9.17, 15) is 9.59 Å². The maximum absolute atomic E-state index is 11.5. The first kappa shape index (κ1) is 16.5. The van der Waals surface area contributed by atoms with Gasteiger partial charge in [0.05, 0.1) is 13.2 Å². The molecule has 1 fully saturated rings. The molecule has 1 heterocycles. The highest BCUT2D eigenvalue weighted by molar-refractivity contribution is 5.68. The molecule has 2 N–H and O–H groups in total. The second-order valence-corrected chi connectivity index (χ2v) is 4.57. The van der Waals surface area contributed by atoms with Crippen LogP contribution in [0.5, 0.6) is 0 Å². The van der Waals surface area contributed by atoms with Crippen LogP contribution in [0, 0.1) is 0 Å². The predicted octanol–water partition coefficient (Wildman–Crippen LogP) is 0.464. The molecule has 1 rings (SSSR count). The molecule has 1 unspecified atom stereocenters. The molecule has 0 aliphatic carbocycles.